The highest BCUT2D eigenvalue weighted by Gasteiger charge is 2.27. The number of benzene rings is 1. The fourth-order valence-corrected chi connectivity index (χ4v) is 2.24. The van der Waals surface area contributed by atoms with E-state index in [1.54, 1.807) is 0 Å². The SMILES string of the molecule is CNCc1ccnc(C2COc3ccccc32)n1. The summed E-state index contributed by atoms with van der Waals surface area (Å²) < 4.78 is 5.67. The molecule has 0 bridgehead atoms. The lowest BCUT2D eigenvalue weighted by Crippen LogP contribution is -2.12. The maximum atomic E-state index is 5.67. The Kier molecular flexibility index (Phi) is 2.94. The van der Waals surface area contributed by atoms with Gasteiger partial charge >= 0.3 is 0 Å². The van der Waals surface area contributed by atoms with E-state index in [0.29, 0.717) is 6.61 Å². The fraction of sp³-hybridized carbons (Fsp3) is 0.286. The molecule has 2 aromatic rings. The average molecular weight is 241 g/mol. The zero-order valence-electron chi connectivity index (χ0n) is 10.3. The van der Waals surface area contributed by atoms with Crippen LogP contribution in [0.25, 0.3) is 0 Å². The van der Waals surface area contributed by atoms with Gasteiger partial charge in [0, 0.05) is 18.3 Å². The number of hydrogen-bond acceptors (Lipinski definition) is 4. The molecule has 1 atom stereocenters. The summed E-state index contributed by atoms with van der Waals surface area (Å²) in [7, 11) is 1.91. The van der Waals surface area contributed by atoms with Crippen molar-refractivity contribution < 1.29 is 4.74 Å². The van der Waals surface area contributed by atoms with Gasteiger partial charge in [-0.15, -0.1) is 0 Å². The third-order valence-corrected chi connectivity index (χ3v) is 3.10. The summed E-state index contributed by atoms with van der Waals surface area (Å²) in [5.74, 6) is 1.94. The first-order chi connectivity index (χ1) is 8.88. The number of para-hydroxylation sites is 1. The minimum absolute atomic E-state index is 0.151. The van der Waals surface area contributed by atoms with Gasteiger partial charge in [-0.2, -0.15) is 0 Å². The van der Waals surface area contributed by atoms with Crippen LogP contribution in [0, 0.1) is 0 Å². The minimum Gasteiger partial charge on any atom is -0.492 e. The number of nitrogens with zero attached hydrogens (tertiary/aromatic N) is 2. The molecule has 3 rings (SSSR count). The number of ether oxygens (including phenoxy) is 1. The van der Waals surface area contributed by atoms with Gasteiger partial charge < -0.3 is 10.1 Å². The predicted molar refractivity (Wildman–Crippen MR) is 68.6 cm³/mol. The molecule has 0 saturated carbocycles. The van der Waals surface area contributed by atoms with E-state index in [1.807, 2.05) is 37.5 Å². The van der Waals surface area contributed by atoms with Crippen LogP contribution < -0.4 is 10.1 Å². The fourth-order valence-electron chi connectivity index (χ4n) is 2.24. The summed E-state index contributed by atoms with van der Waals surface area (Å²) in [6, 6.07) is 10.0. The van der Waals surface area contributed by atoms with Crippen LogP contribution in [0.4, 0.5) is 0 Å². The van der Waals surface area contributed by atoms with Gasteiger partial charge in [0.05, 0.1) is 11.6 Å². The van der Waals surface area contributed by atoms with Crippen molar-refractivity contribution in [2.75, 3.05) is 13.7 Å². The van der Waals surface area contributed by atoms with Gasteiger partial charge in [0.2, 0.25) is 0 Å². The Bertz CT molecular complexity index is 556. The van der Waals surface area contributed by atoms with Crippen molar-refractivity contribution in [3.8, 4) is 5.75 Å². The van der Waals surface area contributed by atoms with Gasteiger partial charge in [-0.1, -0.05) is 18.2 Å². The number of nitrogens with one attached hydrogen (secondary N) is 1. The van der Waals surface area contributed by atoms with Crippen LogP contribution in [0.3, 0.4) is 0 Å². The molecule has 0 aliphatic carbocycles. The molecule has 0 radical (unpaired) electrons. The highest BCUT2D eigenvalue weighted by atomic mass is 16.5. The van der Waals surface area contributed by atoms with Gasteiger partial charge in [-0.3, -0.25) is 0 Å². The molecule has 1 aromatic heterocycles. The summed E-state index contributed by atoms with van der Waals surface area (Å²) in [5.41, 5.74) is 2.19. The molecular weight excluding hydrogens is 226 g/mol. The van der Waals surface area contributed by atoms with Gasteiger partial charge in [0.15, 0.2) is 0 Å². The van der Waals surface area contributed by atoms with E-state index in [0.717, 1.165) is 23.8 Å². The van der Waals surface area contributed by atoms with Crippen molar-refractivity contribution in [3.05, 3.63) is 53.6 Å². The molecule has 0 fully saturated rings. The second-order valence-corrected chi connectivity index (χ2v) is 4.34. The monoisotopic (exact) mass is 241 g/mol. The first kappa shape index (κ1) is 11.2. The van der Waals surface area contributed by atoms with Gasteiger partial charge in [-0.05, 0) is 19.2 Å². The Morgan fingerprint density at radius 3 is 3.11 bits per heavy atom. The first-order valence-electron chi connectivity index (χ1n) is 6.06. The van der Waals surface area contributed by atoms with Gasteiger partial charge in [0.25, 0.3) is 0 Å². The van der Waals surface area contributed by atoms with E-state index in [9.17, 15) is 0 Å². The van der Waals surface area contributed by atoms with E-state index in [1.165, 1.54) is 5.56 Å². The molecule has 0 spiro atoms. The van der Waals surface area contributed by atoms with Crippen LogP contribution in [0.2, 0.25) is 0 Å². The number of aromatic nitrogens is 2. The molecule has 0 saturated heterocycles. The van der Waals surface area contributed by atoms with Crippen LogP contribution in [-0.4, -0.2) is 23.6 Å². The molecule has 2 heterocycles. The first-order valence-corrected chi connectivity index (χ1v) is 6.06. The third kappa shape index (κ3) is 1.95. The smallest absolute Gasteiger partial charge is 0.139 e. The Hall–Kier alpha value is -1.94. The summed E-state index contributed by atoms with van der Waals surface area (Å²) >= 11 is 0. The van der Waals surface area contributed by atoms with Crippen LogP contribution in [0.5, 0.6) is 5.75 Å². The molecule has 4 heteroatoms. The van der Waals surface area contributed by atoms with E-state index in [2.05, 4.69) is 21.4 Å². The third-order valence-electron chi connectivity index (χ3n) is 3.10. The summed E-state index contributed by atoms with van der Waals surface area (Å²) in [6.07, 6.45) is 1.82. The molecular formula is C14H15N3O. The lowest BCUT2D eigenvalue weighted by Gasteiger charge is -2.08. The number of hydrogen-bond donors (Lipinski definition) is 1. The van der Waals surface area contributed by atoms with Crippen molar-refractivity contribution >= 4 is 0 Å². The Morgan fingerprint density at radius 1 is 1.33 bits per heavy atom. The van der Waals surface area contributed by atoms with Crippen molar-refractivity contribution in [2.24, 2.45) is 0 Å². The molecule has 4 nitrogen and oxygen atoms in total. The normalized spacial score (nSPS) is 17.3. The Balaban J connectivity index is 1.94. The molecule has 1 aliphatic rings. The molecule has 1 aromatic carbocycles. The van der Waals surface area contributed by atoms with Crippen molar-refractivity contribution in [2.45, 2.75) is 12.5 Å². The number of rotatable bonds is 3. The largest absolute Gasteiger partial charge is 0.492 e. The van der Waals surface area contributed by atoms with Crippen molar-refractivity contribution in [1.82, 2.24) is 15.3 Å². The maximum absolute atomic E-state index is 5.67. The summed E-state index contributed by atoms with van der Waals surface area (Å²) in [6.45, 7) is 1.38. The molecule has 1 unspecified atom stereocenters. The standard InChI is InChI=1S/C14H15N3O/c1-15-8-10-6-7-16-14(17-10)12-9-18-13-5-3-2-4-11(12)13/h2-7,12,15H,8-9H2,1H3. The Labute approximate surface area is 106 Å². The lowest BCUT2D eigenvalue weighted by atomic mass is 10.0. The van der Waals surface area contributed by atoms with Crippen LogP contribution in [0.1, 0.15) is 23.0 Å². The van der Waals surface area contributed by atoms with Crippen molar-refractivity contribution in [1.29, 1.82) is 0 Å². The van der Waals surface area contributed by atoms with Crippen molar-refractivity contribution in [3.63, 3.8) is 0 Å². The topological polar surface area (TPSA) is 47.0 Å². The van der Waals surface area contributed by atoms with Gasteiger partial charge in [0.1, 0.15) is 18.2 Å². The maximum Gasteiger partial charge on any atom is 0.139 e. The minimum atomic E-state index is 0.151. The van der Waals surface area contributed by atoms with Crippen LogP contribution >= 0.6 is 0 Å². The van der Waals surface area contributed by atoms with E-state index < -0.39 is 0 Å². The zero-order chi connectivity index (χ0) is 12.4. The average Bonchev–Trinajstić information content (AvgIpc) is 2.83. The quantitative estimate of drug-likeness (QED) is 0.888. The van der Waals surface area contributed by atoms with Gasteiger partial charge in [-0.25, -0.2) is 9.97 Å². The molecule has 0 amide bonds. The molecule has 1 aliphatic heterocycles. The van der Waals surface area contributed by atoms with E-state index in [4.69, 9.17) is 4.74 Å². The highest BCUT2D eigenvalue weighted by molar-refractivity contribution is 5.42. The Morgan fingerprint density at radius 2 is 2.22 bits per heavy atom. The highest BCUT2D eigenvalue weighted by Crippen LogP contribution is 2.36. The van der Waals surface area contributed by atoms with E-state index in [-0.39, 0.29) is 5.92 Å². The summed E-state index contributed by atoms with van der Waals surface area (Å²) in [4.78, 5) is 8.97. The second-order valence-electron chi connectivity index (χ2n) is 4.34. The molecule has 1 N–H and O–H groups in total. The lowest BCUT2D eigenvalue weighted by molar-refractivity contribution is 0.339. The molecule has 18 heavy (non-hydrogen) atoms. The zero-order valence-corrected chi connectivity index (χ0v) is 10.3. The summed E-state index contributed by atoms with van der Waals surface area (Å²) in [5, 5.41) is 3.10. The predicted octanol–water partition coefficient (Wildman–Crippen LogP) is 1.72. The molecule has 92 valence electrons. The van der Waals surface area contributed by atoms with E-state index >= 15 is 0 Å². The second kappa shape index (κ2) is 4.74. The van der Waals surface area contributed by atoms with Crippen LogP contribution in [-0.2, 0) is 6.54 Å². The van der Waals surface area contributed by atoms with Crippen LogP contribution in [0.15, 0.2) is 36.5 Å². The number of fused-ring (bicyclic) bond motifs is 1.